The van der Waals surface area contributed by atoms with E-state index in [4.69, 9.17) is 0 Å². The summed E-state index contributed by atoms with van der Waals surface area (Å²) in [5.74, 6) is 1.40. The molecule has 2 aromatic rings. The van der Waals surface area contributed by atoms with E-state index in [0.717, 1.165) is 5.82 Å². The molecule has 1 atom stereocenters. The van der Waals surface area contributed by atoms with E-state index in [9.17, 15) is 0 Å². The predicted molar refractivity (Wildman–Crippen MR) is 67.8 cm³/mol. The summed E-state index contributed by atoms with van der Waals surface area (Å²) < 4.78 is 0. The Morgan fingerprint density at radius 1 is 1.12 bits per heavy atom. The zero-order chi connectivity index (χ0) is 12.3. The Morgan fingerprint density at radius 2 is 1.76 bits per heavy atom. The molecule has 4 heteroatoms. The van der Waals surface area contributed by atoms with Gasteiger partial charge in [-0.15, -0.1) is 0 Å². The Labute approximate surface area is 101 Å². The van der Waals surface area contributed by atoms with E-state index in [2.05, 4.69) is 58.6 Å². The van der Waals surface area contributed by atoms with Gasteiger partial charge in [0, 0.05) is 0 Å². The first kappa shape index (κ1) is 11.8. The second-order valence-electron chi connectivity index (χ2n) is 4.41. The highest BCUT2D eigenvalue weighted by atomic mass is 15.2. The van der Waals surface area contributed by atoms with Crippen molar-refractivity contribution in [1.29, 1.82) is 0 Å². The maximum Gasteiger partial charge on any atom is 0.145 e. The monoisotopic (exact) mass is 230 g/mol. The summed E-state index contributed by atoms with van der Waals surface area (Å²) in [6, 6.07) is 8.68. The van der Waals surface area contributed by atoms with Gasteiger partial charge < -0.3 is 5.32 Å². The molecule has 0 saturated carbocycles. The molecule has 2 rings (SSSR count). The van der Waals surface area contributed by atoms with Gasteiger partial charge in [0.15, 0.2) is 0 Å². The molecule has 0 fully saturated rings. The Balaban J connectivity index is 2.26. The van der Waals surface area contributed by atoms with Crippen molar-refractivity contribution < 1.29 is 0 Å². The zero-order valence-electron chi connectivity index (χ0n) is 10.4. The van der Waals surface area contributed by atoms with Crippen LogP contribution in [0.3, 0.4) is 0 Å². The SMILES string of the molecule is CNC(c1ccc(C(C)C)cc1)c1ncn[nH]1. The summed E-state index contributed by atoms with van der Waals surface area (Å²) in [6.45, 7) is 4.39. The van der Waals surface area contributed by atoms with E-state index in [0.29, 0.717) is 5.92 Å². The summed E-state index contributed by atoms with van der Waals surface area (Å²) in [5, 5.41) is 10.0. The summed E-state index contributed by atoms with van der Waals surface area (Å²) >= 11 is 0. The van der Waals surface area contributed by atoms with Crippen molar-refractivity contribution in [1.82, 2.24) is 20.5 Å². The van der Waals surface area contributed by atoms with Crippen molar-refractivity contribution in [3.63, 3.8) is 0 Å². The van der Waals surface area contributed by atoms with Crippen molar-refractivity contribution in [2.45, 2.75) is 25.8 Å². The Hall–Kier alpha value is -1.68. The summed E-state index contributed by atoms with van der Waals surface area (Å²) in [6.07, 6.45) is 1.53. The van der Waals surface area contributed by atoms with Crippen LogP contribution in [0.25, 0.3) is 0 Å². The quantitative estimate of drug-likeness (QED) is 0.847. The molecule has 1 heterocycles. The van der Waals surface area contributed by atoms with Crippen LogP contribution in [0.1, 0.15) is 42.8 Å². The van der Waals surface area contributed by atoms with Crippen LogP contribution in [-0.4, -0.2) is 22.2 Å². The summed E-state index contributed by atoms with van der Waals surface area (Å²) in [7, 11) is 1.92. The van der Waals surface area contributed by atoms with Gasteiger partial charge in [-0.05, 0) is 24.1 Å². The lowest BCUT2D eigenvalue weighted by atomic mass is 9.99. The fourth-order valence-corrected chi connectivity index (χ4v) is 1.89. The van der Waals surface area contributed by atoms with Crippen LogP contribution in [0, 0.1) is 0 Å². The van der Waals surface area contributed by atoms with E-state index in [-0.39, 0.29) is 6.04 Å². The maximum atomic E-state index is 4.19. The van der Waals surface area contributed by atoms with E-state index in [1.54, 1.807) is 0 Å². The van der Waals surface area contributed by atoms with Crippen molar-refractivity contribution in [2.75, 3.05) is 7.05 Å². The Bertz CT molecular complexity index is 445. The van der Waals surface area contributed by atoms with E-state index >= 15 is 0 Å². The summed E-state index contributed by atoms with van der Waals surface area (Å²) in [4.78, 5) is 4.19. The van der Waals surface area contributed by atoms with Gasteiger partial charge in [0.25, 0.3) is 0 Å². The molecule has 4 nitrogen and oxygen atoms in total. The molecule has 2 N–H and O–H groups in total. The molecule has 1 aromatic carbocycles. The minimum atomic E-state index is 0.0683. The number of nitrogens with zero attached hydrogens (tertiary/aromatic N) is 2. The second-order valence-corrected chi connectivity index (χ2v) is 4.41. The molecule has 0 spiro atoms. The Kier molecular flexibility index (Phi) is 3.54. The van der Waals surface area contributed by atoms with Gasteiger partial charge >= 0.3 is 0 Å². The Morgan fingerprint density at radius 3 is 2.24 bits per heavy atom. The van der Waals surface area contributed by atoms with Gasteiger partial charge in [0.1, 0.15) is 12.2 Å². The number of H-pyrrole nitrogens is 1. The highest BCUT2D eigenvalue weighted by Crippen LogP contribution is 2.21. The minimum absolute atomic E-state index is 0.0683. The van der Waals surface area contributed by atoms with Gasteiger partial charge in [-0.2, -0.15) is 5.10 Å². The van der Waals surface area contributed by atoms with Gasteiger partial charge in [0.05, 0.1) is 6.04 Å². The molecular formula is C13H18N4. The molecule has 0 bridgehead atoms. The highest BCUT2D eigenvalue weighted by Gasteiger charge is 2.14. The molecule has 90 valence electrons. The largest absolute Gasteiger partial charge is 0.307 e. The number of aromatic nitrogens is 3. The molecular weight excluding hydrogens is 212 g/mol. The molecule has 0 aliphatic carbocycles. The van der Waals surface area contributed by atoms with Crippen LogP contribution < -0.4 is 5.32 Å². The number of rotatable bonds is 4. The van der Waals surface area contributed by atoms with Crippen molar-refractivity contribution in [3.05, 3.63) is 47.5 Å². The molecule has 0 amide bonds. The molecule has 0 saturated heterocycles. The average Bonchev–Trinajstić information content (AvgIpc) is 2.84. The molecule has 17 heavy (non-hydrogen) atoms. The number of benzene rings is 1. The number of hydrogen-bond acceptors (Lipinski definition) is 3. The van der Waals surface area contributed by atoms with Crippen molar-refractivity contribution >= 4 is 0 Å². The molecule has 0 aliphatic heterocycles. The van der Waals surface area contributed by atoms with Crippen LogP contribution in [0.2, 0.25) is 0 Å². The van der Waals surface area contributed by atoms with Gasteiger partial charge in [0.2, 0.25) is 0 Å². The molecule has 0 radical (unpaired) electrons. The van der Waals surface area contributed by atoms with E-state index in [1.165, 1.54) is 17.5 Å². The van der Waals surface area contributed by atoms with Crippen LogP contribution in [0.15, 0.2) is 30.6 Å². The van der Waals surface area contributed by atoms with Crippen molar-refractivity contribution in [2.24, 2.45) is 0 Å². The van der Waals surface area contributed by atoms with Crippen LogP contribution in [-0.2, 0) is 0 Å². The van der Waals surface area contributed by atoms with E-state index < -0.39 is 0 Å². The third-order valence-electron chi connectivity index (χ3n) is 2.93. The number of aromatic amines is 1. The van der Waals surface area contributed by atoms with Crippen molar-refractivity contribution in [3.8, 4) is 0 Å². The average molecular weight is 230 g/mol. The standard InChI is InChI=1S/C13H18N4/c1-9(2)10-4-6-11(7-5-10)12(14-3)13-15-8-16-17-13/h4-9,12,14H,1-3H3,(H,15,16,17). The van der Waals surface area contributed by atoms with Crippen LogP contribution >= 0.6 is 0 Å². The lowest BCUT2D eigenvalue weighted by molar-refractivity contribution is 0.649. The third kappa shape index (κ3) is 2.53. The third-order valence-corrected chi connectivity index (χ3v) is 2.93. The molecule has 1 aromatic heterocycles. The number of hydrogen-bond donors (Lipinski definition) is 2. The first-order chi connectivity index (χ1) is 8.22. The number of nitrogens with one attached hydrogen (secondary N) is 2. The smallest absolute Gasteiger partial charge is 0.145 e. The fourth-order valence-electron chi connectivity index (χ4n) is 1.89. The first-order valence-electron chi connectivity index (χ1n) is 5.84. The maximum absolute atomic E-state index is 4.19. The van der Waals surface area contributed by atoms with E-state index in [1.807, 2.05) is 7.05 Å². The normalized spacial score (nSPS) is 12.9. The minimum Gasteiger partial charge on any atom is -0.307 e. The lowest BCUT2D eigenvalue weighted by Crippen LogP contribution is -2.19. The zero-order valence-corrected chi connectivity index (χ0v) is 10.4. The van der Waals surface area contributed by atoms with Gasteiger partial charge in [-0.1, -0.05) is 38.1 Å². The summed E-state index contributed by atoms with van der Waals surface area (Å²) in [5.41, 5.74) is 2.54. The molecule has 1 unspecified atom stereocenters. The fraction of sp³-hybridized carbons (Fsp3) is 0.385. The second kappa shape index (κ2) is 5.10. The lowest BCUT2D eigenvalue weighted by Gasteiger charge is -2.14. The van der Waals surface area contributed by atoms with Gasteiger partial charge in [-0.3, -0.25) is 5.10 Å². The van der Waals surface area contributed by atoms with Crippen LogP contribution in [0.5, 0.6) is 0 Å². The highest BCUT2D eigenvalue weighted by molar-refractivity contribution is 5.29. The molecule has 0 aliphatic rings. The predicted octanol–water partition coefficient (Wildman–Crippen LogP) is 2.24. The van der Waals surface area contributed by atoms with Crippen LogP contribution in [0.4, 0.5) is 0 Å². The first-order valence-corrected chi connectivity index (χ1v) is 5.84. The topological polar surface area (TPSA) is 53.6 Å². The van der Waals surface area contributed by atoms with Gasteiger partial charge in [-0.25, -0.2) is 4.98 Å².